The van der Waals surface area contributed by atoms with Crippen molar-refractivity contribution >= 4 is 17.4 Å². The average Bonchev–Trinajstić information content (AvgIpc) is 2.16. The molecule has 15 heavy (non-hydrogen) atoms. The highest BCUT2D eigenvalue weighted by Gasteiger charge is 2.30. The smallest absolute Gasteiger partial charge is 0.323 e. The third kappa shape index (κ3) is 3.34. The largest absolute Gasteiger partial charge is 0.446 e. The number of nitrogen functional groups attached to an aromatic ring is 1. The van der Waals surface area contributed by atoms with Crippen LogP contribution in [0.2, 0.25) is 0 Å². The quantitative estimate of drug-likeness (QED) is 0.468. The first-order chi connectivity index (χ1) is 6.96. The molecule has 0 atom stereocenters. The number of hydrazine groups is 1. The van der Waals surface area contributed by atoms with Crippen LogP contribution in [0.5, 0.6) is 0 Å². The summed E-state index contributed by atoms with van der Waals surface area (Å²) in [4.78, 5) is -0.0657. The van der Waals surface area contributed by atoms with Crippen LogP contribution >= 0.6 is 11.8 Å². The second-order valence-corrected chi connectivity index (χ2v) is 3.62. The maximum absolute atomic E-state index is 12.1. The summed E-state index contributed by atoms with van der Waals surface area (Å²) in [5, 5.41) is 8.53. The molecule has 0 saturated carbocycles. The topological polar surface area (TPSA) is 61.8 Å². The van der Waals surface area contributed by atoms with Crippen molar-refractivity contribution in [1.29, 1.82) is 5.26 Å². The number of halogens is 3. The number of thioether (sulfide) groups is 1. The van der Waals surface area contributed by atoms with E-state index in [2.05, 4.69) is 5.43 Å². The first kappa shape index (κ1) is 11.7. The molecule has 0 aliphatic carbocycles. The van der Waals surface area contributed by atoms with Crippen molar-refractivity contribution in [1.82, 2.24) is 0 Å². The number of hydrogen-bond donors (Lipinski definition) is 2. The molecule has 0 fully saturated rings. The Kier molecular flexibility index (Phi) is 3.44. The fourth-order valence-electron chi connectivity index (χ4n) is 0.926. The molecule has 80 valence electrons. The number of anilines is 1. The van der Waals surface area contributed by atoms with E-state index in [0.29, 0.717) is 0 Å². The molecule has 0 aromatic heterocycles. The van der Waals surface area contributed by atoms with Gasteiger partial charge in [0.05, 0.1) is 17.3 Å². The van der Waals surface area contributed by atoms with Crippen molar-refractivity contribution in [3.63, 3.8) is 0 Å². The lowest BCUT2D eigenvalue weighted by Crippen LogP contribution is -2.09. The van der Waals surface area contributed by atoms with Gasteiger partial charge in [-0.25, -0.2) is 0 Å². The maximum atomic E-state index is 12.1. The Balaban J connectivity index is 3.04. The van der Waals surface area contributed by atoms with Gasteiger partial charge in [-0.2, -0.15) is 18.4 Å². The van der Waals surface area contributed by atoms with Crippen LogP contribution in [0.4, 0.5) is 18.9 Å². The van der Waals surface area contributed by atoms with Crippen LogP contribution in [0.15, 0.2) is 23.1 Å². The Labute approximate surface area is 88.0 Å². The van der Waals surface area contributed by atoms with Crippen LogP contribution in [0, 0.1) is 11.3 Å². The third-order valence-electron chi connectivity index (χ3n) is 1.49. The average molecular weight is 233 g/mol. The second-order valence-electron chi connectivity index (χ2n) is 2.51. The molecule has 0 bridgehead atoms. The molecule has 7 heteroatoms. The highest BCUT2D eigenvalue weighted by Crippen LogP contribution is 2.40. The highest BCUT2D eigenvalue weighted by molar-refractivity contribution is 8.00. The standard InChI is InChI=1S/C8H6F3N3S/c9-8(10,11)15-7-2-1-5(4-12)3-6(7)14-13/h1-3,14H,13H2. The zero-order valence-electron chi connectivity index (χ0n) is 7.30. The predicted molar refractivity (Wildman–Crippen MR) is 50.9 cm³/mol. The summed E-state index contributed by atoms with van der Waals surface area (Å²) >= 11 is -0.281. The van der Waals surface area contributed by atoms with Gasteiger partial charge in [0.2, 0.25) is 0 Å². The highest BCUT2D eigenvalue weighted by atomic mass is 32.2. The molecule has 1 aromatic rings. The van der Waals surface area contributed by atoms with Crippen molar-refractivity contribution in [2.75, 3.05) is 5.43 Å². The van der Waals surface area contributed by atoms with Gasteiger partial charge in [0, 0.05) is 4.90 Å². The summed E-state index contributed by atoms with van der Waals surface area (Å²) < 4.78 is 36.2. The molecule has 0 saturated heterocycles. The number of nitrogens with two attached hydrogens (primary N) is 1. The fraction of sp³-hybridized carbons (Fsp3) is 0.125. The Morgan fingerprint density at radius 2 is 2.07 bits per heavy atom. The van der Waals surface area contributed by atoms with Crippen LogP contribution in [0.25, 0.3) is 0 Å². The molecule has 3 nitrogen and oxygen atoms in total. The van der Waals surface area contributed by atoms with E-state index in [0.717, 1.165) is 0 Å². The van der Waals surface area contributed by atoms with Gasteiger partial charge in [0.1, 0.15) is 0 Å². The van der Waals surface area contributed by atoms with Crippen LogP contribution in [-0.4, -0.2) is 5.51 Å². The third-order valence-corrected chi connectivity index (χ3v) is 2.30. The Bertz CT molecular complexity index is 397. The SMILES string of the molecule is N#Cc1ccc(SC(F)(F)F)c(NN)c1. The number of nitrogens with zero attached hydrogens (tertiary/aromatic N) is 1. The Morgan fingerprint density at radius 3 is 2.53 bits per heavy atom. The zero-order valence-corrected chi connectivity index (χ0v) is 8.12. The molecule has 0 amide bonds. The Morgan fingerprint density at radius 1 is 1.40 bits per heavy atom. The molecular weight excluding hydrogens is 227 g/mol. The number of nitrogens with one attached hydrogen (secondary N) is 1. The Hall–Kier alpha value is -1.39. The minimum atomic E-state index is -4.38. The molecule has 0 spiro atoms. The monoisotopic (exact) mass is 233 g/mol. The maximum Gasteiger partial charge on any atom is 0.446 e. The summed E-state index contributed by atoms with van der Waals surface area (Å²) in [6, 6.07) is 5.56. The lowest BCUT2D eigenvalue weighted by Gasteiger charge is -2.10. The first-order valence-electron chi connectivity index (χ1n) is 3.73. The second kappa shape index (κ2) is 4.42. The van der Waals surface area contributed by atoms with E-state index in [-0.39, 0.29) is 27.9 Å². The van der Waals surface area contributed by atoms with E-state index in [9.17, 15) is 13.2 Å². The summed E-state index contributed by atoms with van der Waals surface area (Å²) in [7, 11) is 0. The van der Waals surface area contributed by atoms with Crippen molar-refractivity contribution in [3.05, 3.63) is 23.8 Å². The van der Waals surface area contributed by atoms with E-state index < -0.39 is 5.51 Å². The molecule has 0 heterocycles. The molecule has 0 aliphatic heterocycles. The minimum Gasteiger partial charge on any atom is -0.323 e. The summed E-state index contributed by atoms with van der Waals surface area (Å²) in [6.45, 7) is 0. The summed E-state index contributed by atoms with van der Waals surface area (Å²) in [5.41, 5.74) is -1.93. The van der Waals surface area contributed by atoms with Crippen molar-refractivity contribution < 1.29 is 13.2 Å². The van der Waals surface area contributed by atoms with Gasteiger partial charge >= 0.3 is 5.51 Å². The van der Waals surface area contributed by atoms with Crippen molar-refractivity contribution in [2.24, 2.45) is 5.84 Å². The predicted octanol–water partition coefficient (Wildman–Crippen LogP) is 2.46. The van der Waals surface area contributed by atoms with E-state index >= 15 is 0 Å². The van der Waals surface area contributed by atoms with E-state index in [1.807, 2.05) is 0 Å². The van der Waals surface area contributed by atoms with Gasteiger partial charge in [0.15, 0.2) is 0 Å². The van der Waals surface area contributed by atoms with Crippen molar-refractivity contribution in [2.45, 2.75) is 10.4 Å². The van der Waals surface area contributed by atoms with E-state index in [1.165, 1.54) is 18.2 Å². The normalized spacial score (nSPS) is 10.9. The minimum absolute atomic E-state index is 0.0657. The summed E-state index contributed by atoms with van der Waals surface area (Å²) in [6.07, 6.45) is 0. The van der Waals surface area contributed by atoms with Gasteiger partial charge < -0.3 is 5.43 Å². The lowest BCUT2D eigenvalue weighted by atomic mass is 10.2. The van der Waals surface area contributed by atoms with Gasteiger partial charge in [-0.05, 0) is 30.0 Å². The van der Waals surface area contributed by atoms with Crippen molar-refractivity contribution in [3.8, 4) is 6.07 Å². The fourth-order valence-corrected chi connectivity index (χ4v) is 1.54. The van der Waals surface area contributed by atoms with Crippen LogP contribution in [0.3, 0.4) is 0 Å². The molecule has 1 aromatic carbocycles. The molecule has 1 rings (SSSR count). The number of nitriles is 1. The molecular formula is C8H6F3N3S. The van der Waals surface area contributed by atoms with Gasteiger partial charge in [0.25, 0.3) is 0 Å². The number of alkyl halides is 3. The van der Waals surface area contributed by atoms with Crippen LogP contribution in [-0.2, 0) is 0 Å². The van der Waals surface area contributed by atoms with Gasteiger partial charge in [-0.1, -0.05) is 0 Å². The number of hydrogen-bond acceptors (Lipinski definition) is 4. The lowest BCUT2D eigenvalue weighted by molar-refractivity contribution is -0.0327. The van der Waals surface area contributed by atoms with Crippen LogP contribution in [0.1, 0.15) is 5.56 Å². The van der Waals surface area contributed by atoms with Crippen LogP contribution < -0.4 is 11.3 Å². The number of rotatable bonds is 2. The van der Waals surface area contributed by atoms with Gasteiger partial charge in [-0.3, -0.25) is 5.84 Å². The molecule has 0 radical (unpaired) electrons. The first-order valence-corrected chi connectivity index (χ1v) is 4.54. The molecule has 0 aliphatic rings. The molecule has 3 N–H and O–H groups in total. The van der Waals surface area contributed by atoms with E-state index in [1.54, 1.807) is 6.07 Å². The number of benzene rings is 1. The summed E-state index contributed by atoms with van der Waals surface area (Å²) in [5.74, 6) is 5.05. The molecule has 0 unspecified atom stereocenters. The zero-order chi connectivity index (χ0) is 11.5. The van der Waals surface area contributed by atoms with E-state index in [4.69, 9.17) is 11.1 Å². The van der Waals surface area contributed by atoms with Gasteiger partial charge in [-0.15, -0.1) is 0 Å².